The summed E-state index contributed by atoms with van der Waals surface area (Å²) < 4.78 is 0. The average molecular weight is 253 g/mol. The van der Waals surface area contributed by atoms with Gasteiger partial charge in [-0.15, -0.1) is 0 Å². The van der Waals surface area contributed by atoms with Crippen LogP contribution in [0.2, 0.25) is 0 Å². The number of hydrogen-bond acceptors (Lipinski definition) is 3. The molecule has 0 aliphatic rings. The van der Waals surface area contributed by atoms with Crippen molar-refractivity contribution in [2.24, 2.45) is 0 Å². The number of carbonyl (C=O) groups is 1. The van der Waals surface area contributed by atoms with Gasteiger partial charge in [-0.25, -0.2) is 0 Å². The molecular weight excluding hydrogens is 234 g/mol. The van der Waals surface area contributed by atoms with Gasteiger partial charge in [0.2, 0.25) is 0 Å². The molecule has 0 aromatic heterocycles. The lowest BCUT2D eigenvalue weighted by Gasteiger charge is -2.09. The third-order valence-corrected chi connectivity index (χ3v) is 3.82. The van der Waals surface area contributed by atoms with Crippen LogP contribution >= 0.6 is 11.8 Å². The van der Waals surface area contributed by atoms with Gasteiger partial charge in [0.15, 0.2) is 0 Å². The summed E-state index contributed by atoms with van der Waals surface area (Å²) in [5.74, 6) is 0.854. The lowest BCUT2D eigenvalue weighted by molar-refractivity contribution is 0.0963. The summed E-state index contributed by atoms with van der Waals surface area (Å²) in [7, 11) is 1.63. The first-order valence-corrected chi connectivity index (χ1v) is 6.75. The largest absolute Gasteiger partial charge is 0.396 e. The molecule has 0 saturated heterocycles. The number of amides is 1. The first-order chi connectivity index (χ1) is 8.17. The van der Waals surface area contributed by atoms with Crippen molar-refractivity contribution in [3.05, 3.63) is 35.4 Å². The van der Waals surface area contributed by atoms with Crippen LogP contribution in [0.5, 0.6) is 0 Å². The summed E-state index contributed by atoms with van der Waals surface area (Å²) in [6.45, 7) is 2.35. The Morgan fingerprint density at radius 3 is 2.59 bits per heavy atom. The number of rotatable bonds is 6. The normalized spacial score (nSPS) is 12.2. The molecule has 94 valence electrons. The summed E-state index contributed by atoms with van der Waals surface area (Å²) in [6, 6.07) is 7.63. The highest BCUT2D eigenvalue weighted by Crippen LogP contribution is 2.19. The number of hydrogen-bond donors (Lipinski definition) is 2. The van der Waals surface area contributed by atoms with Gasteiger partial charge in [0, 0.05) is 30.2 Å². The molecule has 0 heterocycles. The van der Waals surface area contributed by atoms with Crippen LogP contribution < -0.4 is 5.32 Å². The Hall–Kier alpha value is -1.00. The maximum Gasteiger partial charge on any atom is 0.251 e. The standard InChI is InChI=1S/C13H19NO2S/c1-10(7-8-15)17-9-11-3-5-12(6-4-11)13(16)14-2/h3-6,10,15H,7-9H2,1-2H3,(H,14,16)/t10-/m1/s1. The molecule has 4 heteroatoms. The SMILES string of the molecule is CNC(=O)c1ccc(CS[C@H](C)CCO)cc1. The molecule has 1 amide bonds. The maximum atomic E-state index is 11.3. The highest BCUT2D eigenvalue weighted by Gasteiger charge is 2.04. The van der Waals surface area contributed by atoms with Crippen molar-refractivity contribution < 1.29 is 9.90 Å². The van der Waals surface area contributed by atoms with Gasteiger partial charge in [0.1, 0.15) is 0 Å². The summed E-state index contributed by atoms with van der Waals surface area (Å²) in [4.78, 5) is 11.3. The monoisotopic (exact) mass is 253 g/mol. The van der Waals surface area contributed by atoms with E-state index in [0.29, 0.717) is 10.8 Å². The van der Waals surface area contributed by atoms with Gasteiger partial charge in [-0.3, -0.25) is 4.79 Å². The fraction of sp³-hybridized carbons (Fsp3) is 0.462. The fourth-order valence-electron chi connectivity index (χ4n) is 1.40. The van der Waals surface area contributed by atoms with Gasteiger partial charge in [-0.1, -0.05) is 19.1 Å². The first-order valence-electron chi connectivity index (χ1n) is 5.71. The molecule has 1 aromatic rings. The first kappa shape index (κ1) is 14.1. The summed E-state index contributed by atoms with van der Waals surface area (Å²) in [6.07, 6.45) is 0.820. The maximum absolute atomic E-state index is 11.3. The van der Waals surface area contributed by atoms with Gasteiger partial charge in [0.25, 0.3) is 5.91 Å². The predicted molar refractivity (Wildman–Crippen MR) is 72.3 cm³/mol. The predicted octanol–water partition coefficient (Wildman–Crippen LogP) is 2.05. The molecule has 0 unspecified atom stereocenters. The minimum Gasteiger partial charge on any atom is -0.396 e. The lowest BCUT2D eigenvalue weighted by Crippen LogP contribution is -2.17. The number of thioether (sulfide) groups is 1. The van der Waals surface area contributed by atoms with Crippen LogP contribution in [0.4, 0.5) is 0 Å². The number of nitrogens with one attached hydrogen (secondary N) is 1. The Morgan fingerprint density at radius 2 is 2.06 bits per heavy atom. The number of benzene rings is 1. The van der Waals surface area contributed by atoms with Gasteiger partial charge in [0.05, 0.1) is 0 Å². The molecule has 0 fully saturated rings. The second-order valence-electron chi connectivity index (χ2n) is 3.91. The molecule has 0 bridgehead atoms. The van der Waals surface area contributed by atoms with E-state index in [9.17, 15) is 4.79 Å². The van der Waals surface area contributed by atoms with Crippen LogP contribution in [0.1, 0.15) is 29.3 Å². The van der Waals surface area contributed by atoms with Crippen molar-refractivity contribution >= 4 is 17.7 Å². The number of aliphatic hydroxyl groups excluding tert-OH is 1. The zero-order valence-corrected chi connectivity index (χ0v) is 11.1. The average Bonchev–Trinajstić information content (AvgIpc) is 2.36. The fourth-order valence-corrected chi connectivity index (χ4v) is 2.34. The van der Waals surface area contributed by atoms with Crippen LogP contribution in [0.3, 0.4) is 0 Å². The molecular formula is C13H19NO2S. The van der Waals surface area contributed by atoms with Crippen LogP contribution in [-0.4, -0.2) is 29.9 Å². The van der Waals surface area contributed by atoms with E-state index >= 15 is 0 Å². The second-order valence-corrected chi connectivity index (χ2v) is 5.34. The quantitative estimate of drug-likeness (QED) is 0.816. The molecule has 0 radical (unpaired) electrons. The van der Waals surface area contributed by atoms with Crippen molar-refractivity contribution in [2.45, 2.75) is 24.3 Å². The van der Waals surface area contributed by atoms with Crippen molar-refractivity contribution in [3.63, 3.8) is 0 Å². The second kappa shape index (κ2) is 7.35. The van der Waals surface area contributed by atoms with E-state index in [1.165, 1.54) is 5.56 Å². The van der Waals surface area contributed by atoms with Gasteiger partial charge in [-0.05, 0) is 24.1 Å². The lowest BCUT2D eigenvalue weighted by atomic mass is 10.1. The van der Waals surface area contributed by atoms with E-state index in [1.807, 2.05) is 36.0 Å². The smallest absolute Gasteiger partial charge is 0.251 e. The van der Waals surface area contributed by atoms with Crippen LogP contribution in [-0.2, 0) is 5.75 Å². The zero-order chi connectivity index (χ0) is 12.7. The van der Waals surface area contributed by atoms with Crippen LogP contribution in [0.25, 0.3) is 0 Å². The molecule has 1 aromatic carbocycles. The molecule has 0 aliphatic carbocycles. The molecule has 3 nitrogen and oxygen atoms in total. The Bertz CT molecular complexity index is 351. The van der Waals surface area contributed by atoms with E-state index in [0.717, 1.165) is 12.2 Å². The van der Waals surface area contributed by atoms with Crippen molar-refractivity contribution in [3.8, 4) is 0 Å². The summed E-state index contributed by atoms with van der Waals surface area (Å²) in [5, 5.41) is 11.9. The third kappa shape index (κ3) is 4.79. The third-order valence-electron chi connectivity index (χ3n) is 2.51. The van der Waals surface area contributed by atoms with Crippen LogP contribution in [0, 0.1) is 0 Å². The number of carbonyl (C=O) groups excluding carboxylic acids is 1. The van der Waals surface area contributed by atoms with Crippen molar-refractivity contribution in [1.29, 1.82) is 0 Å². The van der Waals surface area contributed by atoms with Crippen molar-refractivity contribution in [1.82, 2.24) is 5.32 Å². The van der Waals surface area contributed by atoms with Gasteiger partial charge >= 0.3 is 0 Å². The Balaban J connectivity index is 2.48. The molecule has 0 aliphatic heterocycles. The minimum atomic E-state index is -0.0575. The summed E-state index contributed by atoms with van der Waals surface area (Å²) in [5.41, 5.74) is 1.89. The Labute approximate surface area is 107 Å². The molecule has 0 spiro atoms. The highest BCUT2D eigenvalue weighted by molar-refractivity contribution is 7.99. The molecule has 1 atom stereocenters. The highest BCUT2D eigenvalue weighted by atomic mass is 32.2. The van der Waals surface area contributed by atoms with E-state index in [-0.39, 0.29) is 12.5 Å². The molecule has 17 heavy (non-hydrogen) atoms. The van der Waals surface area contributed by atoms with E-state index in [1.54, 1.807) is 7.05 Å². The van der Waals surface area contributed by atoms with Gasteiger partial charge < -0.3 is 10.4 Å². The minimum absolute atomic E-state index is 0.0575. The van der Waals surface area contributed by atoms with E-state index in [2.05, 4.69) is 12.2 Å². The summed E-state index contributed by atoms with van der Waals surface area (Å²) >= 11 is 1.81. The Kier molecular flexibility index (Phi) is 6.08. The van der Waals surface area contributed by atoms with Crippen LogP contribution in [0.15, 0.2) is 24.3 Å². The Morgan fingerprint density at radius 1 is 1.41 bits per heavy atom. The topological polar surface area (TPSA) is 49.3 Å². The molecule has 2 N–H and O–H groups in total. The van der Waals surface area contributed by atoms with E-state index in [4.69, 9.17) is 5.11 Å². The number of aliphatic hydroxyl groups is 1. The zero-order valence-electron chi connectivity index (χ0n) is 10.3. The van der Waals surface area contributed by atoms with Crippen molar-refractivity contribution in [2.75, 3.05) is 13.7 Å². The van der Waals surface area contributed by atoms with Gasteiger partial charge in [-0.2, -0.15) is 11.8 Å². The molecule has 1 rings (SSSR count). The molecule has 0 saturated carbocycles. The van der Waals surface area contributed by atoms with E-state index < -0.39 is 0 Å².